The standard InChI is InChI=1S/C12H22O11/c13-1-4-7(16)9(18)11(20,3-22-4)12(21)10(19)8(17)6(15)5(2-14)23-12/h4-10,13-21H,1-3H2/t4-,5-,6-,7-,8+,9+,10-,11-,12-/m1/s1. The van der Waals surface area contributed by atoms with Crippen molar-refractivity contribution in [2.24, 2.45) is 0 Å². The molecule has 2 heterocycles. The minimum absolute atomic E-state index is 0.684. The average molecular weight is 342 g/mol. The van der Waals surface area contributed by atoms with Crippen LogP contribution in [0.15, 0.2) is 0 Å². The van der Waals surface area contributed by atoms with Gasteiger partial charge in [0.1, 0.15) is 42.7 Å². The van der Waals surface area contributed by atoms with Gasteiger partial charge >= 0.3 is 0 Å². The monoisotopic (exact) mass is 342 g/mol. The Morgan fingerprint density at radius 2 is 1.35 bits per heavy atom. The summed E-state index contributed by atoms with van der Waals surface area (Å²) in [7, 11) is 0. The summed E-state index contributed by atoms with van der Waals surface area (Å²) in [6.07, 6.45) is -12.9. The van der Waals surface area contributed by atoms with Crippen molar-refractivity contribution < 1.29 is 55.4 Å². The Morgan fingerprint density at radius 1 is 0.783 bits per heavy atom. The zero-order valence-electron chi connectivity index (χ0n) is 12.0. The Morgan fingerprint density at radius 3 is 1.87 bits per heavy atom. The lowest BCUT2D eigenvalue weighted by molar-refractivity contribution is -0.430. The second kappa shape index (κ2) is 6.46. The van der Waals surface area contributed by atoms with E-state index in [-0.39, 0.29) is 0 Å². The molecule has 0 amide bonds. The molecule has 0 saturated carbocycles. The zero-order valence-corrected chi connectivity index (χ0v) is 12.0. The molecule has 0 aromatic heterocycles. The van der Waals surface area contributed by atoms with Crippen LogP contribution < -0.4 is 0 Å². The van der Waals surface area contributed by atoms with E-state index in [1.807, 2.05) is 0 Å². The first kappa shape index (κ1) is 18.9. The van der Waals surface area contributed by atoms with E-state index in [0.29, 0.717) is 0 Å². The number of hydrogen-bond donors (Lipinski definition) is 9. The molecule has 0 radical (unpaired) electrons. The Kier molecular flexibility index (Phi) is 5.31. The molecule has 0 aromatic rings. The second-order valence-corrected chi connectivity index (χ2v) is 5.85. The number of aliphatic hydroxyl groups excluding tert-OH is 7. The van der Waals surface area contributed by atoms with Crippen LogP contribution in [0.3, 0.4) is 0 Å². The molecule has 11 nitrogen and oxygen atoms in total. The molecule has 2 aliphatic rings. The Labute approximate surface area is 130 Å². The van der Waals surface area contributed by atoms with E-state index in [1.54, 1.807) is 0 Å². The molecule has 11 heteroatoms. The van der Waals surface area contributed by atoms with Crippen LogP contribution in [0.1, 0.15) is 0 Å². The molecular weight excluding hydrogens is 320 g/mol. The fraction of sp³-hybridized carbons (Fsp3) is 1.00. The summed E-state index contributed by atoms with van der Waals surface area (Å²) >= 11 is 0. The lowest BCUT2D eigenvalue weighted by Crippen LogP contribution is -2.80. The Balaban J connectivity index is 2.37. The number of hydrogen-bond acceptors (Lipinski definition) is 11. The summed E-state index contributed by atoms with van der Waals surface area (Å²) in [4.78, 5) is 0. The molecule has 0 aromatic carbocycles. The van der Waals surface area contributed by atoms with Crippen LogP contribution >= 0.6 is 0 Å². The van der Waals surface area contributed by atoms with Gasteiger partial charge in [-0.2, -0.15) is 0 Å². The van der Waals surface area contributed by atoms with Crippen molar-refractivity contribution in [3.05, 3.63) is 0 Å². The fourth-order valence-electron chi connectivity index (χ4n) is 2.89. The minimum atomic E-state index is -3.07. The molecule has 0 unspecified atom stereocenters. The highest BCUT2D eigenvalue weighted by molar-refractivity contribution is 5.12. The van der Waals surface area contributed by atoms with Crippen molar-refractivity contribution in [3.8, 4) is 0 Å². The topological polar surface area (TPSA) is 201 Å². The number of aliphatic hydroxyl groups is 9. The lowest BCUT2D eigenvalue weighted by atomic mass is 9.75. The normalized spacial score (nSPS) is 54.9. The van der Waals surface area contributed by atoms with Crippen LogP contribution in [-0.2, 0) is 9.47 Å². The molecule has 2 rings (SSSR count). The highest BCUT2D eigenvalue weighted by Gasteiger charge is 2.68. The van der Waals surface area contributed by atoms with Crippen LogP contribution in [0.2, 0.25) is 0 Å². The predicted molar refractivity (Wildman–Crippen MR) is 68.7 cm³/mol. The van der Waals surface area contributed by atoms with Gasteiger partial charge in [-0.05, 0) is 0 Å². The van der Waals surface area contributed by atoms with Gasteiger partial charge in [0.05, 0.1) is 19.8 Å². The van der Waals surface area contributed by atoms with Gasteiger partial charge in [0.25, 0.3) is 0 Å². The summed E-state index contributed by atoms with van der Waals surface area (Å²) in [6, 6.07) is 0. The summed E-state index contributed by atoms with van der Waals surface area (Å²) in [5.74, 6) is -3.07. The van der Waals surface area contributed by atoms with Gasteiger partial charge in [0.15, 0.2) is 5.60 Å². The van der Waals surface area contributed by atoms with Crippen molar-refractivity contribution in [3.63, 3.8) is 0 Å². The van der Waals surface area contributed by atoms with E-state index in [2.05, 4.69) is 0 Å². The van der Waals surface area contributed by atoms with Crippen LogP contribution in [0.5, 0.6) is 0 Å². The van der Waals surface area contributed by atoms with Crippen molar-refractivity contribution >= 4 is 0 Å². The first-order valence-electron chi connectivity index (χ1n) is 7.00. The minimum Gasteiger partial charge on any atom is -0.394 e. The lowest BCUT2D eigenvalue weighted by Gasteiger charge is -2.55. The van der Waals surface area contributed by atoms with E-state index >= 15 is 0 Å². The third kappa shape index (κ3) is 2.67. The van der Waals surface area contributed by atoms with Gasteiger partial charge in [-0.15, -0.1) is 0 Å². The van der Waals surface area contributed by atoms with Crippen LogP contribution in [0.4, 0.5) is 0 Å². The summed E-state index contributed by atoms with van der Waals surface area (Å²) in [5.41, 5.74) is -2.81. The van der Waals surface area contributed by atoms with E-state index < -0.39 is 73.9 Å². The van der Waals surface area contributed by atoms with Gasteiger partial charge in [0.2, 0.25) is 5.79 Å². The van der Waals surface area contributed by atoms with E-state index in [9.17, 15) is 35.7 Å². The molecule has 2 saturated heterocycles. The highest BCUT2D eigenvalue weighted by atomic mass is 16.7. The zero-order chi connectivity index (χ0) is 17.6. The van der Waals surface area contributed by atoms with Crippen LogP contribution in [0.25, 0.3) is 0 Å². The molecule has 0 spiro atoms. The first-order valence-corrected chi connectivity index (χ1v) is 7.00. The molecule has 2 aliphatic heterocycles. The summed E-state index contributed by atoms with van der Waals surface area (Å²) in [5, 5.41) is 88.6. The van der Waals surface area contributed by atoms with Crippen molar-refractivity contribution in [1.82, 2.24) is 0 Å². The van der Waals surface area contributed by atoms with E-state index in [1.165, 1.54) is 0 Å². The molecule has 0 bridgehead atoms. The van der Waals surface area contributed by atoms with Crippen molar-refractivity contribution in [2.75, 3.05) is 19.8 Å². The van der Waals surface area contributed by atoms with Crippen molar-refractivity contribution in [1.29, 1.82) is 0 Å². The molecule has 23 heavy (non-hydrogen) atoms. The largest absolute Gasteiger partial charge is 0.394 e. The smallest absolute Gasteiger partial charge is 0.230 e. The quantitative estimate of drug-likeness (QED) is 0.236. The third-order valence-electron chi connectivity index (χ3n) is 4.48. The summed E-state index contributed by atoms with van der Waals surface area (Å²) in [6.45, 7) is -2.43. The Bertz CT molecular complexity index is 420. The molecule has 2 fully saturated rings. The SMILES string of the molecule is OC[C@H]1OC[C@](O)([C@]2(O)O[C@H](CO)[C@@H](O)[C@H](O)[C@H]2O)[C@@H](O)[C@@H]1O. The third-order valence-corrected chi connectivity index (χ3v) is 4.48. The predicted octanol–water partition coefficient (Wildman–Crippen LogP) is -6.01. The highest BCUT2D eigenvalue weighted by Crippen LogP contribution is 2.41. The van der Waals surface area contributed by atoms with Gasteiger partial charge in [-0.25, -0.2) is 0 Å². The molecule has 136 valence electrons. The molecule has 9 atom stereocenters. The van der Waals surface area contributed by atoms with Gasteiger partial charge in [0, 0.05) is 0 Å². The maximum atomic E-state index is 10.6. The Hall–Kier alpha value is -0.440. The molecular formula is C12H22O11. The van der Waals surface area contributed by atoms with Crippen LogP contribution in [0, 0.1) is 0 Å². The van der Waals surface area contributed by atoms with E-state index in [4.69, 9.17) is 19.7 Å². The van der Waals surface area contributed by atoms with Gasteiger partial charge in [-0.1, -0.05) is 0 Å². The van der Waals surface area contributed by atoms with E-state index in [0.717, 1.165) is 0 Å². The van der Waals surface area contributed by atoms with Gasteiger partial charge in [-0.3, -0.25) is 0 Å². The number of rotatable bonds is 3. The number of ether oxygens (including phenoxy) is 2. The summed E-state index contributed by atoms with van der Waals surface area (Å²) < 4.78 is 9.89. The molecule has 0 aliphatic carbocycles. The maximum absolute atomic E-state index is 10.6. The van der Waals surface area contributed by atoms with Gasteiger partial charge < -0.3 is 55.4 Å². The molecule has 9 N–H and O–H groups in total. The second-order valence-electron chi connectivity index (χ2n) is 5.85. The first-order chi connectivity index (χ1) is 10.6. The fourth-order valence-corrected chi connectivity index (χ4v) is 2.89. The maximum Gasteiger partial charge on any atom is 0.230 e. The van der Waals surface area contributed by atoms with Crippen molar-refractivity contribution in [2.45, 2.75) is 54.1 Å². The van der Waals surface area contributed by atoms with Crippen LogP contribution in [-0.4, -0.2) is 120 Å². The average Bonchev–Trinajstić information content (AvgIpc) is 2.54.